The molecule has 11 rings (SSSR count). The lowest BCUT2D eigenvalue weighted by Crippen LogP contribution is -2.32. The molecule has 1 aliphatic carbocycles. The average Bonchev–Trinajstić information content (AvgIpc) is 3.54. The maximum Gasteiger partial charge on any atom is 0.132 e. The topological polar surface area (TPSA) is 12.5 Å². The van der Waals surface area contributed by atoms with Gasteiger partial charge in [-0.15, -0.1) is 0 Å². The molecule has 0 amide bonds. The highest BCUT2D eigenvalue weighted by Crippen LogP contribution is 2.63. The maximum atomic E-state index is 6.78. The molecule has 1 atom stereocenters. The van der Waals surface area contributed by atoms with Crippen LogP contribution < -0.4 is 9.64 Å². The minimum absolute atomic E-state index is 0.608. The summed E-state index contributed by atoms with van der Waals surface area (Å²) in [6.45, 7) is 0. The lowest BCUT2D eigenvalue weighted by molar-refractivity contribution is 0.436. The van der Waals surface area contributed by atoms with E-state index in [2.05, 4.69) is 217 Å². The standard InChI is InChI=1S/C53H35NO/c1-3-13-36(14-4-1)39-23-27-42(28-24-39)54(43-29-25-38-17-7-8-18-40(38)33-43)44-30-31-46-45-19-9-10-20-47(45)53(49(46)35-44)48-21-11-12-22-51(48)55-52-32-26-41(34-50(52)53)37-15-5-2-6-16-37/h1-35H. The van der Waals surface area contributed by atoms with Crippen molar-refractivity contribution < 1.29 is 4.74 Å². The van der Waals surface area contributed by atoms with Gasteiger partial charge in [0.15, 0.2) is 0 Å². The average molecular weight is 702 g/mol. The van der Waals surface area contributed by atoms with E-state index in [1.807, 2.05) is 0 Å². The Morgan fingerprint density at radius 2 is 0.855 bits per heavy atom. The summed E-state index contributed by atoms with van der Waals surface area (Å²) in [4.78, 5) is 2.41. The van der Waals surface area contributed by atoms with Gasteiger partial charge in [0, 0.05) is 28.2 Å². The number of nitrogens with zero attached hydrogens (tertiary/aromatic N) is 1. The van der Waals surface area contributed by atoms with Crippen LogP contribution in [-0.4, -0.2) is 0 Å². The number of benzene rings is 9. The fourth-order valence-corrected chi connectivity index (χ4v) is 9.03. The minimum Gasteiger partial charge on any atom is -0.457 e. The van der Waals surface area contributed by atoms with E-state index < -0.39 is 5.41 Å². The van der Waals surface area contributed by atoms with Crippen LogP contribution in [0.2, 0.25) is 0 Å². The van der Waals surface area contributed by atoms with Crippen molar-refractivity contribution in [1.82, 2.24) is 0 Å². The summed E-state index contributed by atoms with van der Waals surface area (Å²) in [6, 6.07) is 76.9. The van der Waals surface area contributed by atoms with Crippen LogP contribution >= 0.6 is 0 Å². The van der Waals surface area contributed by atoms with Gasteiger partial charge < -0.3 is 9.64 Å². The van der Waals surface area contributed by atoms with Gasteiger partial charge >= 0.3 is 0 Å². The van der Waals surface area contributed by atoms with Crippen molar-refractivity contribution in [3.8, 4) is 44.9 Å². The number of hydrogen-bond acceptors (Lipinski definition) is 2. The number of para-hydroxylation sites is 1. The Hall–Kier alpha value is -7.16. The molecular formula is C53H35NO. The van der Waals surface area contributed by atoms with Crippen LogP contribution in [0.3, 0.4) is 0 Å². The van der Waals surface area contributed by atoms with Crippen LogP contribution in [0.1, 0.15) is 22.3 Å². The first kappa shape index (κ1) is 31.4. The normalized spacial score (nSPS) is 14.8. The van der Waals surface area contributed by atoms with Gasteiger partial charge in [-0.25, -0.2) is 0 Å². The summed E-state index contributed by atoms with van der Waals surface area (Å²) < 4.78 is 6.78. The minimum atomic E-state index is -0.608. The van der Waals surface area contributed by atoms with Crippen LogP contribution in [0.4, 0.5) is 17.1 Å². The Bertz CT molecular complexity index is 2900. The molecule has 0 saturated heterocycles. The van der Waals surface area contributed by atoms with Crippen LogP contribution in [0.25, 0.3) is 44.2 Å². The third kappa shape index (κ3) is 4.89. The Kier molecular flexibility index (Phi) is 7.11. The molecule has 0 aromatic heterocycles. The lowest BCUT2D eigenvalue weighted by Gasteiger charge is -2.40. The zero-order chi connectivity index (χ0) is 36.3. The van der Waals surface area contributed by atoms with E-state index in [1.54, 1.807) is 0 Å². The summed E-state index contributed by atoms with van der Waals surface area (Å²) in [5.74, 6) is 1.77. The van der Waals surface area contributed by atoms with Crippen molar-refractivity contribution >= 4 is 27.8 Å². The fourth-order valence-electron chi connectivity index (χ4n) is 9.03. The quantitative estimate of drug-likeness (QED) is 0.177. The van der Waals surface area contributed by atoms with E-state index in [0.29, 0.717) is 0 Å². The molecule has 1 heterocycles. The third-order valence-electron chi connectivity index (χ3n) is 11.5. The predicted molar refractivity (Wildman–Crippen MR) is 227 cm³/mol. The summed E-state index contributed by atoms with van der Waals surface area (Å²) in [7, 11) is 0. The van der Waals surface area contributed by atoms with Crippen LogP contribution in [-0.2, 0) is 5.41 Å². The molecule has 55 heavy (non-hydrogen) atoms. The smallest absolute Gasteiger partial charge is 0.132 e. The second kappa shape index (κ2) is 12.5. The van der Waals surface area contributed by atoms with E-state index in [0.717, 1.165) is 39.7 Å². The summed E-state index contributed by atoms with van der Waals surface area (Å²) in [5, 5.41) is 2.43. The van der Waals surface area contributed by atoms with Gasteiger partial charge in [-0.1, -0.05) is 158 Å². The third-order valence-corrected chi connectivity index (χ3v) is 11.5. The number of anilines is 3. The van der Waals surface area contributed by atoms with Crippen LogP contribution in [0, 0.1) is 0 Å². The summed E-state index contributed by atoms with van der Waals surface area (Å²) >= 11 is 0. The molecule has 2 heteroatoms. The van der Waals surface area contributed by atoms with Gasteiger partial charge in [0.25, 0.3) is 0 Å². The van der Waals surface area contributed by atoms with Gasteiger partial charge in [-0.2, -0.15) is 0 Å². The van der Waals surface area contributed by atoms with E-state index >= 15 is 0 Å². The monoisotopic (exact) mass is 701 g/mol. The first-order chi connectivity index (χ1) is 27.3. The molecule has 1 aliphatic heterocycles. The molecule has 1 spiro atoms. The first-order valence-corrected chi connectivity index (χ1v) is 18.9. The zero-order valence-electron chi connectivity index (χ0n) is 30.1. The van der Waals surface area contributed by atoms with E-state index in [9.17, 15) is 0 Å². The molecule has 0 fully saturated rings. The highest BCUT2D eigenvalue weighted by molar-refractivity contribution is 5.93. The first-order valence-electron chi connectivity index (χ1n) is 18.9. The fraction of sp³-hybridized carbons (Fsp3) is 0.0189. The molecule has 0 saturated carbocycles. The highest BCUT2D eigenvalue weighted by Gasteiger charge is 2.51. The molecule has 9 aromatic carbocycles. The van der Waals surface area contributed by atoms with Gasteiger partial charge in [-0.3, -0.25) is 0 Å². The van der Waals surface area contributed by atoms with Gasteiger partial charge in [0.05, 0.1) is 5.41 Å². The molecule has 258 valence electrons. The summed E-state index contributed by atoms with van der Waals surface area (Å²) in [5.41, 5.74) is 14.8. The van der Waals surface area contributed by atoms with Crippen molar-refractivity contribution in [2.24, 2.45) is 0 Å². The van der Waals surface area contributed by atoms with E-state index in [-0.39, 0.29) is 0 Å². The van der Waals surface area contributed by atoms with Gasteiger partial charge in [0.1, 0.15) is 11.5 Å². The van der Waals surface area contributed by atoms with Crippen LogP contribution in [0.5, 0.6) is 11.5 Å². The Morgan fingerprint density at radius 3 is 1.65 bits per heavy atom. The van der Waals surface area contributed by atoms with Crippen molar-refractivity contribution in [2.45, 2.75) is 5.41 Å². The number of hydrogen-bond donors (Lipinski definition) is 0. The molecule has 9 aromatic rings. The number of ether oxygens (including phenoxy) is 1. The highest BCUT2D eigenvalue weighted by atomic mass is 16.5. The second-order valence-corrected chi connectivity index (χ2v) is 14.5. The Balaban J connectivity index is 1.17. The Morgan fingerprint density at radius 1 is 0.309 bits per heavy atom. The van der Waals surface area contributed by atoms with Crippen molar-refractivity contribution in [2.75, 3.05) is 4.90 Å². The molecule has 0 N–H and O–H groups in total. The van der Waals surface area contributed by atoms with Crippen molar-refractivity contribution in [1.29, 1.82) is 0 Å². The zero-order valence-corrected chi connectivity index (χ0v) is 30.1. The lowest BCUT2D eigenvalue weighted by atomic mass is 9.65. The largest absolute Gasteiger partial charge is 0.457 e. The molecule has 1 unspecified atom stereocenters. The van der Waals surface area contributed by atoms with Crippen molar-refractivity contribution in [3.05, 3.63) is 235 Å². The predicted octanol–water partition coefficient (Wildman–Crippen LogP) is 14.1. The number of rotatable bonds is 5. The maximum absolute atomic E-state index is 6.78. The molecule has 2 nitrogen and oxygen atoms in total. The number of fused-ring (bicyclic) bond motifs is 10. The van der Waals surface area contributed by atoms with Crippen molar-refractivity contribution in [3.63, 3.8) is 0 Å². The molecule has 2 aliphatic rings. The molecule has 0 bridgehead atoms. The Labute approximate surface area is 321 Å². The summed E-state index contributed by atoms with van der Waals surface area (Å²) in [6.07, 6.45) is 0. The van der Waals surface area contributed by atoms with Gasteiger partial charge in [0.2, 0.25) is 0 Å². The van der Waals surface area contributed by atoms with E-state index in [1.165, 1.54) is 55.3 Å². The van der Waals surface area contributed by atoms with Gasteiger partial charge in [-0.05, 0) is 110 Å². The van der Waals surface area contributed by atoms with E-state index in [4.69, 9.17) is 4.74 Å². The second-order valence-electron chi connectivity index (χ2n) is 14.5. The molecular weight excluding hydrogens is 667 g/mol. The molecule has 0 radical (unpaired) electrons. The SMILES string of the molecule is c1ccc(-c2ccc(N(c3ccc4c(c3)C3(c5ccccc5Oc5ccc(-c6ccccc6)cc53)c3ccccc3-4)c3ccc4ccccc4c3)cc2)cc1. The van der Waals surface area contributed by atoms with Crippen LogP contribution in [0.15, 0.2) is 212 Å².